The Kier molecular flexibility index (Phi) is 5.99. The molecule has 0 aliphatic heterocycles. The van der Waals surface area contributed by atoms with E-state index in [1.165, 1.54) is 0 Å². The average molecular weight is 468 g/mol. The highest BCUT2D eigenvalue weighted by Crippen LogP contribution is 2.10. The smallest absolute Gasteiger partial charge is 0.396 e. The van der Waals surface area contributed by atoms with E-state index in [0.717, 1.165) is 11.4 Å². The van der Waals surface area contributed by atoms with Gasteiger partial charge in [-0.2, -0.15) is 19.7 Å². The standard InChI is InChI=1S/C23H14N9O.ClH/c24-13-17-1-5-19(6-2-17)29-9-11-31(15-29)21-26-22(28-23(33)27-21)32-12-10-30(16-32)20-7-3-18(14-25)4-8-20;/h1-12,15-16H;1H/q+1;/p-1. The Bertz CT molecular complexity index is 1430. The van der Waals surface area contributed by atoms with Crippen molar-refractivity contribution in [3.05, 3.63) is 97.1 Å². The molecule has 0 fully saturated rings. The average Bonchev–Trinajstić information content (AvgIpc) is 3.54. The molecule has 34 heavy (non-hydrogen) atoms. The van der Waals surface area contributed by atoms with Crippen molar-refractivity contribution in [3.63, 3.8) is 0 Å². The van der Waals surface area contributed by atoms with Crippen LogP contribution < -0.4 is 26.6 Å². The van der Waals surface area contributed by atoms with Crippen molar-refractivity contribution in [2.45, 2.75) is 0 Å². The van der Waals surface area contributed by atoms with Crippen LogP contribution in [0.1, 0.15) is 11.1 Å². The van der Waals surface area contributed by atoms with E-state index in [4.69, 9.17) is 10.5 Å². The molecule has 3 aromatic heterocycles. The maximum atomic E-state index is 12.2. The molecule has 164 valence electrons. The third-order valence-electron chi connectivity index (χ3n) is 4.92. The Hall–Kier alpha value is -5.06. The van der Waals surface area contributed by atoms with Crippen LogP contribution in [0.15, 0.2) is 86.0 Å². The molecule has 0 spiro atoms. The van der Waals surface area contributed by atoms with Crippen molar-refractivity contribution in [2.24, 2.45) is 0 Å². The quantitative estimate of drug-likeness (QED) is 0.277. The van der Waals surface area contributed by atoms with E-state index in [9.17, 15) is 5.11 Å². The van der Waals surface area contributed by atoms with E-state index in [1.807, 2.05) is 33.4 Å². The van der Waals surface area contributed by atoms with Crippen molar-refractivity contribution < 1.29 is 26.6 Å². The molecule has 0 radical (unpaired) electrons. The topological polar surface area (TPSA) is 127 Å². The zero-order chi connectivity index (χ0) is 22.8. The fraction of sp³-hybridized carbons (Fsp3) is 0. The third-order valence-corrected chi connectivity index (χ3v) is 4.92. The van der Waals surface area contributed by atoms with Gasteiger partial charge >= 0.3 is 11.9 Å². The van der Waals surface area contributed by atoms with Gasteiger partial charge in [0, 0.05) is 0 Å². The van der Waals surface area contributed by atoms with Crippen molar-refractivity contribution in [1.29, 1.82) is 10.5 Å². The Morgan fingerprint density at radius 1 is 0.676 bits per heavy atom. The molecule has 0 amide bonds. The predicted molar refractivity (Wildman–Crippen MR) is 110 cm³/mol. The monoisotopic (exact) mass is 467 g/mol. The van der Waals surface area contributed by atoms with Crippen LogP contribution >= 0.6 is 0 Å². The summed E-state index contributed by atoms with van der Waals surface area (Å²) in [4.78, 5) is 12.3. The minimum atomic E-state index is -0.660. The second-order valence-corrected chi connectivity index (χ2v) is 6.99. The highest BCUT2D eigenvalue weighted by molar-refractivity contribution is 5.39. The lowest BCUT2D eigenvalue weighted by Crippen LogP contribution is -3.00. The Labute approximate surface area is 199 Å². The summed E-state index contributed by atoms with van der Waals surface area (Å²) in [5.74, 6) is 0.354. The second-order valence-electron chi connectivity index (χ2n) is 6.99. The summed E-state index contributed by atoms with van der Waals surface area (Å²) in [6.45, 7) is 0. The number of halogens is 1. The van der Waals surface area contributed by atoms with Gasteiger partial charge in [-0.05, 0) is 53.5 Å². The predicted octanol–water partition coefficient (Wildman–Crippen LogP) is -2.17. The molecule has 0 atom stereocenters. The first-order chi connectivity index (χ1) is 16.1. The number of rotatable bonds is 4. The summed E-state index contributed by atoms with van der Waals surface area (Å²) >= 11 is 0. The summed E-state index contributed by atoms with van der Waals surface area (Å²) in [7, 11) is 0. The number of aromatic nitrogens is 7. The molecule has 0 saturated heterocycles. The van der Waals surface area contributed by atoms with E-state index in [-0.39, 0.29) is 24.3 Å². The van der Waals surface area contributed by atoms with E-state index in [2.05, 4.69) is 27.1 Å². The van der Waals surface area contributed by atoms with Gasteiger partial charge < -0.3 is 17.5 Å². The van der Waals surface area contributed by atoms with Gasteiger partial charge in [0.25, 0.3) is 0 Å². The number of hydrogen-bond acceptors (Lipinski definition) is 6. The van der Waals surface area contributed by atoms with Gasteiger partial charge in [0.1, 0.15) is 0 Å². The molecule has 0 aliphatic carbocycles. The largest absolute Gasteiger partial charge is 1.00 e. The molecule has 0 N–H and O–H groups in total. The van der Waals surface area contributed by atoms with Gasteiger partial charge in [0.2, 0.25) is 6.01 Å². The van der Waals surface area contributed by atoms with Gasteiger partial charge in [-0.25, -0.2) is 0 Å². The van der Waals surface area contributed by atoms with E-state index < -0.39 is 6.01 Å². The molecule has 3 heterocycles. The third kappa shape index (κ3) is 4.30. The second kappa shape index (κ2) is 9.20. The number of nitrogens with zero attached hydrogens (tertiary/aromatic N) is 9. The number of benzene rings is 2. The molecular weight excluding hydrogens is 454 g/mol. The Balaban J connectivity index is 0.00000274. The van der Waals surface area contributed by atoms with Crippen LogP contribution in [-0.2, 0) is 0 Å². The van der Waals surface area contributed by atoms with Crippen LogP contribution in [-0.4, -0.2) is 24.1 Å². The van der Waals surface area contributed by atoms with Gasteiger partial charge in [0.05, 0.1) is 59.4 Å². The van der Waals surface area contributed by atoms with Crippen LogP contribution in [0.5, 0.6) is 6.01 Å². The molecule has 5 rings (SSSR count). The summed E-state index contributed by atoms with van der Waals surface area (Å²) in [6.07, 6.45) is 10.5. The van der Waals surface area contributed by atoms with E-state index in [0.29, 0.717) is 11.1 Å². The summed E-state index contributed by atoms with van der Waals surface area (Å²) in [5, 5.41) is 30.1. The fourth-order valence-corrected chi connectivity index (χ4v) is 3.23. The zero-order valence-electron chi connectivity index (χ0n) is 17.4. The van der Waals surface area contributed by atoms with Crippen molar-refractivity contribution in [1.82, 2.24) is 24.1 Å². The molecule has 0 saturated carbocycles. The number of imidazole rings is 2. The molecule has 0 unspecified atom stereocenters. The maximum Gasteiger partial charge on any atom is 0.396 e. The van der Waals surface area contributed by atoms with Crippen LogP contribution in [0.25, 0.3) is 23.3 Å². The first kappa shape index (κ1) is 22.1. The minimum Gasteiger partial charge on any atom is -1.00 e. The number of hydrogen-bond donors (Lipinski definition) is 0. The van der Waals surface area contributed by atoms with Gasteiger partial charge in [-0.15, -0.1) is 0 Å². The Morgan fingerprint density at radius 3 is 1.47 bits per heavy atom. The molecule has 2 aromatic carbocycles. The van der Waals surface area contributed by atoms with Crippen LogP contribution in [0.2, 0.25) is 0 Å². The summed E-state index contributed by atoms with van der Waals surface area (Å²) < 4.78 is 6.87. The van der Waals surface area contributed by atoms with Crippen molar-refractivity contribution in [2.75, 3.05) is 0 Å². The van der Waals surface area contributed by atoms with E-state index >= 15 is 0 Å². The molecule has 5 aromatic rings. The lowest BCUT2D eigenvalue weighted by atomic mass is 10.2. The normalized spacial score (nSPS) is 10.2. The van der Waals surface area contributed by atoms with Gasteiger partial charge in [0.15, 0.2) is 12.7 Å². The minimum absolute atomic E-state index is 0. The highest BCUT2D eigenvalue weighted by atomic mass is 35.5. The van der Waals surface area contributed by atoms with Crippen molar-refractivity contribution in [3.8, 4) is 41.4 Å². The first-order valence-electron chi connectivity index (χ1n) is 9.76. The molecule has 0 aliphatic rings. The van der Waals surface area contributed by atoms with Crippen LogP contribution in [0.4, 0.5) is 0 Å². The van der Waals surface area contributed by atoms with Gasteiger partial charge in [-0.1, -0.05) is 9.97 Å². The number of nitriles is 2. The van der Waals surface area contributed by atoms with Crippen LogP contribution in [0.3, 0.4) is 0 Å². The maximum absolute atomic E-state index is 12.2. The fourth-order valence-electron chi connectivity index (χ4n) is 3.23. The summed E-state index contributed by atoms with van der Waals surface area (Å²) in [5.41, 5.74) is 2.83. The van der Waals surface area contributed by atoms with Gasteiger partial charge in [-0.3, -0.25) is 9.13 Å². The lowest BCUT2D eigenvalue weighted by Gasteiger charge is -2.00. The SMILES string of the molecule is N#Cc1ccc(-n2cc[n+](-c3nc([O-])nc(-[n+]4ccn(-c5ccc(C#N)cc5)c4)n3)c2)cc1.[Cl-]. The lowest BCUT2D eigenvalue weighted by molar-refractivity contribution is -0.616. The molecule has 11 heteroatoms. The first-order valence-corrected chi connectivity index (χ1v) is 9.76. The molecular formula is C23H14ClN9O. The molecule has 0 bridgehead atoms. The molecule has 10 nitrogen and oxygen atoms in total. The van der Waals surface area contributed by atoms with E-state index in [1.54, 1.807) is 70.8 Å². The zero-order valence-corrected chi connectivity index (χ0v) is 18.1. The highest BCUT2D eigenvalue weighted by Gasteiger charge is 2.19. The van der Waals surface area contributed by atoms with Crippen molar-refractivity contribution >= 4 is 0 Å². The summed E-state index contributed by atoms with van der Waals surface area (Å²) in [6, 6.07) is 17.7. The van der Waals surface area contributed by atoms with Crippen LogP contribution in [0, 0.1) is 22.7 Å². The Morgan fingerprint density at radius 2 is 1.09 bits per heavy atom.